The molecule has 2 aromatic carbocycles. The molecule has 0 bridgehead atoms. The summed E-state index contributed by atoms with van der Waals surface area (Å²) in [4.78, 5) is 62.3. The number of nitrogens with one attached hydrogen (secondary N) is 3. The number of amides is 5. The first kappa shape index (κ1) is 24.4. The molecule has 1 heterocycles. The van der Waals surface area contributed by atoms with Gasteiger partial charge in [0.25, 0.3) is 11.8 Å². The summed E-state index contributed by atoms with van der Waals surface area (Å²) in [7, 11) is 0. The molecule has 0 aromatic heterocycles. The molecular weight excluding hydrogens is 440 g/mol. The predicted octanol–water partition coefficient (Wildman–Crippen LogP) is 2.37. The number of carbonyl (C=O) groups excluding carboxylic acids is 5. The maximum Gasteiger partial charge on any atom is 0.327 e. The molecule has 0 radical (unpaired) electrons. The van der Waals surface area contributed by atoms with Crippen molar-refractivity contribution in [2.75, 3.05) is 17.2 Å². The summed E-state index contributed by atoms with van der Waals surface area (Å²) in [5.41, 5.74) is 0.359. The molecule has 0 spiro atoms. The molecule has 3 rings (SSSR count). The Hall–Kier alpha value is -4.21. The summed E-state index contributed by atoms with van der Waals surface area (Å²) in [6, 6.07) is 14.5. The van der Waals surface area contributed by atoms with Crippen LogP contribution in [0.5, 0.6) is 0 Å². The average molecular weight is 466 g/mol. The zero-order valence-corrected chi connectivity index (χ0v) is 19.1. The summed E-state index contributed by atoms with van der Waals surface area (Å²) in [6.45, 7) is 3.91. The van der Waals surface area contributed by atoms with E-state index in [9.17, 15) is 24.0 Å². The van der Waals surface area contributed by atoms with Crippen LogP contribution in [-0.2, 0) is 29.5 Å². The molecule has 10 nitrogen and oxygen atoms in total. The fourth-order valence-electron chi connectivity index (χ4n) is 3.63. The Bertz CT molecular complexity index is 1100. The number of hydrogen-bond acceptors (Lipinski definition) is 6. The maximum atomic E-state index is 13.1. The topological polar surface area (TPSA) is 134 Å². The van der Waals surface area contributed by atoms with Crippen molar-refractivity contribution in [3.8, 4) is 0 Å². The van der Waals surface area contributed by atoms with Crippen molar-refractivity contribution in [1.82, 2.24) is 10.2 Å². The van der Waals surface area contributed by atoms with Crippen LogP contribution in [0.1, 0.15) is 32.8 Å². The van der Waals surface area contributed by atoms with E-state index in [1.54, 1.807) is 61.5 Å². The molecule has 3 N–H and O–H groups in total. The number of urea groups is 1. The van der Waals surface area contributed by atoms with Crippen LogP contribution in [0.25, 0.3) is 0 Å². The van der Waals surface area contributed by atoms with Crippen molar-refractivity contribution in [2.45, 2.75) is 38.8 Å². The highest BCUT2D eigenvalue weighted by Gasteiger charge is 2.51. The van der Waals surface area contributed by atoms with Gasteiger partial charge in [0, 0.05) is 18.3 Å². The number of nitrogens with zero attached hydrogens (tertiary/aromatic N) is 1. The fraction of sp³-hybridized carbons (Fsp3) is 0.292. The monoisotopic (exact) mass is 466 g/mol. The SMILES string of the molecule is CC[C@@]1(c2ccccc2)NC(=O)N(CC(=O)O[C@@H](C)C(=O)Nc2ccc(NC(C)=O)cc2)C1=O. The summed E-state index contributed by atoms with van der Waals surface area (Å²) >= 11 is 0. The lowest BCUT2D eigenvalue weighted by Gasteiger charge is -2.25. The highest BCUT2D eigenvalue weighted by Crippen LogP contribution is 2.32. The summed E-state index contributed by atoms with van der Waals surface area (Å²) in [5.74, 6) is -2.26. The van der Waals surface area contributed by atoms with Crippen molar-refractivity contribution >= 4 is 41.1 Å². The minimum atomic E-state index is -1.26. The van der Waals surface area contributed by atoms with Crippen LogP contribution < -0.4 is 16.0 Å². The average Bonchev–Trinajstić information content (AvgIpc) is 3.05. The number of carbonyl (C=O) groups is 5. The minimum absolute atomic E-state index is 0.220. The van der Waals surface area contributed by atoms with Gasteiger partial charge in [-0.05, 0) is 43.2 Å². The third-order valence-corrected chi connectivity index (χ3v) is 5.41. The first-order chi connectivity index (χ1) is 16.2. The van der Waals surface area contributed by atoms with Crippen molar-refractivity contribution in [1.29, 1.82) is 0 Å². The first-order valence-electron chi connectivity index (χ1n) is 10.7. The molecule has 5 amide bonds. The molecule has 1 fully saturated rings. The van der Waals surface area contributed by atoms with Gasteiger partial charge in [-0.2, -0.15) is 0 Å². The Morgan fingerprint density at radius 2 is 1.59 bits per heavy atom. The normalized spacial score (nSPS) is 18.1. The quantitative estimate of drug-likeness (QED) is 0.404. The molecule has 2 aromatic rings. The van der Waals surface area contributed by atoms with E-state index in [4.69, 9.17) is 4.74 Å². The largest absolute Gasteiger partial charge is 0.451 e. The highest BCUT2D eigenvalue weighted by molar-refractivity contribution is 6.09. The number of anilines is 2. The molecule has 2 atom stereocenters. The van der Waals surface area contributed by atoms with Crippen molar-refractivity contribution < 1.29 is 28.7 Å². The van der Waals surface area contributed by atoms with Crippen LogP contribution in [0, 0.1) is 0 Å². The molecule has 34 heavy (non-hydrogen) atoms. The summed E-state index contributed by atoms with van der Waals surface area (Å²) in [6.07, 6.45) is -0.875. The molecule has 0 aliphatic carbocycles. The smallest absolute Gasteiger partial charge is 0.327 e. The van der Waals surface area contributed by atoms with E-state index in [1.165, 1.54) is 13.8 Å². The van der Waals surface area contributed by atoms with Crippen LogP contribution in [-0.4, -0.2) is 47.3 Å². The summed E-state index contributed by atoms with van der Waals surface area (Å²) < 4.78 is 5.14. The van der Waals surface area contributed by atoms with Gasteiger partial charge in [0.1, 0.15) is 12.1 Å². The fourth-order valence-corrected chi connectivity index (χ4v) is 3.63. The van der Waals surface area contributed by atoms with E-state index in [0.717, 1.165) is 4.90 Å². The van der Waals surface area contributed by atoms with E-state index in [-0.39, 0.29) is 5.91 Å². The third kappa shape index (κ3) is 5.22. The van der Waals surface area contributed by atoms with E-state index in [0.29, 0.717) is 23.4 Å². The van der Waals surface area contributed by atoms with Crippen molar-refractivity contribution in [3.05, 3.63) is 60.2 Å². The highest BCUT2D eigenvalue weighted by atomic mass is 16.5. The molecule has 0 unspecified atom stereocenters. The molecular formula is C24H26N4O6. The van der Waals surface area contributed by atoms with Gasteiger partial charge in [-0.25, -0.2) is 4.79 Å². The van der Waals surface area contributed by atoms with Crippen molar-refractivity contribution in [2.24, 2.45) is 0 Å². The Kier molecular flexibility index (Phi) is 7.30. The van der Waals surface area contributed by atoms with E-state index in [1.807, 2.05) is 0 Å². The lowest BCUT2D eigenvalue weighted by molar-refractivity contribution is -0.155. The van der Waals surface area contributed by atoms with Gasteiger partial charge in [-0.3, -0.25) is 24.1 Å². The van der Waals surface area contributed by atoms with E-state index in [2.05, 4.69) is 16.0 Å². The van der Waals surface area contributed by atoms with E-state index < -0.39 is 42.0 Å². The third-order valence-electron chi connectivity index (χ3n) is 5.41. The number of benzene rings is 2. The molecule has 1 saturated heterocycles. The van der Waals surface area contributed by atoms with Crippen LogP contribution in [0.3, 0.4) is 0 Å². The molecule has 1 aliphatic heterocycles. The number of hydrogen-bond donors (Lipinski definition) is 3. The number of rotatable bonds is 8. The van der Waals surface area contributed by atoms with E-state index >= 15 is 0 Å². The lowest BCUT2D eigenvalue weighted by atomic mass is 9.87. The predicted molar refractivity (Wildman–Crippen MR) is 124 cm³/mol. The second kappa shape index (κ2) is 10.2. The second-order valence-corrected chi connectivity index (χ2v) is 7.83. The zero-order chi connectivity index (χ0) is 24.9. The van der Waals surface area contributed by atoms with Crippen LogP contribution >= 0.6 is 0 Å². The number of ether oxygens (including phenoxy) is 1. The Morgan fingerprint density at radius 1 is 1.00 bits per heavy atom. The zero-order valence-electron chi connectivity index (χ0n) is 19.1. The standard InChI is InChI=1S/C24H26N4O6/c1-4-24(17-8-6-5-7-9-17)22(32)28(23(33)27-24)14-20(30)34-15(2)21(31)26-19-12-10-18(11-13-19)25-16(3)29/h5-13,15H,4,14H2,1-3H3,(H,25,29)(H,26,31)(H,27,33)/t15-,24-/m0/s1. The van der Waals surface area contributed by atoms with Gasteiger partial charge >= 0.3 is 12.0 Å². The number of imide groups is 1. The molecule has 10 heteroatoms. The second-order valence-electron chi connectivity index (χ2n) is 7.83. The van der Waals surface area contributed by atoms with Crippen LogP contribution in [0.2, 0.25) is 0 Å². The molecule has 1 aliphatic rings. The van der Waals surface area contributed by atoms with Crippen LogP contribution in [0.4, 0.5) is 16.2 Å². The Labute approximate surface area is 196 Å². The Morgan fingerprint density at radius 3 is 2.15 bits per heavy atom. The Balaban J connectivity index is 1.59. The molecule has 0 saturated carbocycles. The van der Waals surface area contributed by atoms with Gasteiger partial charge in [-0.15, -0.1) is 0 Å². The van der Waals surface area contributed by atoms with Crippen LogP contribution in [0.15, 0.2) is 54.6 Å². The van der Waals surface area contributed by atoms with Gasteiger partial charge in [-0.1, -0.05) is 37.3 Å². The minimum Gasteiger partial charge on any atom is -0.451 e. The van der Waals surface area contributed by atoms with Gasteiger partial charge in [0.2, 0.25) is 5.91 Å². The van der Waals surface area contributed by atoms with Crippen molar-refractivity contribution in [3.63, 3.8) is 0 Å². The number of esters is 1. The lowest BCUT2D eigenvalue weighted by Crippen LogP contribution is -2.44. The molecule has 178 valence electrons. The van der Waals surface area contributed by atoms with Gasteiger partial charge in [0.15, 0.2) is 6.10 Å². The van der Waals surface area contributed by atoms with Gasteiger partial charge in [0.05, 0.1) is 0 Å². The first-order valence-corrected chi connectivity index (χ1v) is 10.7. The summed E-state index contributed by atoms with van der Waals surface area (Å²) in [5, 5.41) is 7.89. The maximum absolute atomic E-state index is 13.1. The van der Waals surface area contributed by atoms with Gasteiger partial charge < -0.3 is 20.7 Å².